The fourth-order valence-electron chi connectivity index (χ4n) is 1.51. The van der Waals surface area contributed by atoms with E-state index in [1.807, 2.05) is 12.1 Å². The minimum Gasteiger partial charge on any atom is -0.494 e. The standard InChI is InChI=1S/C13H13ClN2O2/c14-11-2-4-13(5-3-11)18-9-1-7-16-8-6-12(10-17)15-16/h2-6,8,10H,1,7,9H2. The second-order valence-corrected chi connectivity index (χ2v) is 4.21. The minimum atomic E-state index is 0.452. The largest absolute Gasteiger partial charge is 0.494 e. The molecule has 0 bridgehead atoms. The summed E-state index contributed by atoms with van der Waals surface area (Å²) in [5.41, 5.74) is 0.452. The molecule has 0 aliphatic rings. The fourth-order valence-corrected chi connectivity index (χ4v) is 1.64. The molecule has 1 heterocycles. The molecule has 0 amide bonds. The molecule has 2 rings (SSSR count). The highest BCUT2D eigenvalue weighted by Gasteiger charge is 1.98. The highest BCUT2D eigenvalue weighted by molar-refractivity contribution is 6.30. The van der Waals surface area contributed by atoms with E-state index in [4.69, 9.17) is 16.3 Å². The molecule has 0 unspecified atom stereocenters. The Balaban J connectivity index is 1.72. The summed E-state index contributed by atoms with van der Waals surface area (Å²) in [6.45, 7) is 1.32. The normalized spacial score (nSPS) is 10.3. The Kier molecular flexibility index (Phi) is 4.36. The number of hydrogen-bond acceptors (Lipinski definition) is 3. The molecule has 1 aromatic carbocycles. The zero-order valence-corrected chi connectivity index (χ0v) is 10.5. The summed E-state index contributed by atoms with van der Waals surface area (Å²) in [5.74, 6) is 0.799. The van der Waals surface area contributed by atoms with Crippen molar-refractivity contribution in [2.45, 2.75) is 13.0 Å². The number of hydrogen-bond donors (Lipinski definition) is 0. The van der Waals surface area contributed by atoms with Gasteiger partial charge in [-0.3, -0.25) is 9.48 Å². The summed E-state index contributed by atoms with van der Waals surface area (Å²) in [4.78, 5) is 10.5. The van der Waals surface area contributed by atoms with Crippen molar-refractivity contribution in [2.75, 3.05) is 6.61 Å². The molecular weight excluding hydrogens is 252 g/mol. The van der Waals surface area contributed by atoms with Crippen LogP contribution in [0.4, 0.5) is 0 Å². The molecule has 0 atom stereocenters. The summed E-state index contributed by atoms with van der Waals surface area (Å²) >= 11 is 5.77. The number of rotatable bonds is 6. The molecule has 0 radical (unpaired) electrons. The van der Waals surface area contributed by atoms with E-state index in [1.54, 1.807) is 29.1 Å². The van der Waals surface area contributed by atoms with Crippen LogP contribution < -0.4 is 4.74 Å². The zero-order chi connectivity index (χ0) is 12.8. The molecule has 18 heavy (non-hydrogen) atoms. The zero-order valence-electron chi connectivity index (χ0n) is 9.75. The molecule has 0 spiro atoms. The van der Waals surface area contributed by atoms with Gasteiger partial charge in [-0.05, 0) is 30.3 Å². The van der Waals surface area contributed by atoms with Gasteiger partial charge in [0.15, 0.2) is 6.29 Å². The van der Waals surface area contributed by atoms with Gasteiger partial charge in [0.2, 0.25) is 0 Å². The lowest BCUT2D eigenvalue weighted by molar-refractivity contribution is 0.111. The number of benzene rings is 1. The number of aldehydes is 1. The molecule has 0 aliphatic heterocycles. The molecule has 0 saturated carbocycles. The quantitative estimate of drug-likeness (QED) is 0.595. The van der Waals surface area contributed by atoms with Crippen molar-refractivity contribution in [1.29, 1.82) is 0 Å². The monoisotopic (exact) mass is 264 g/mol. The number of carbonyl (C=O) groups is 1. The van der Waals surface area contributed by atoms with Gasteiger partial charge in [-0.1, -0.05) is 11.6 Å². The molecule has 2 aromatic rings. The molecule has 0 N–H and O–H groups in total. The second kappa shape index (κ2) is 6.21. The molecule has 5 heteroatoms. The first-order valence-electron chi connectivity index (χ1n) is 5.65. The van der Waals surface area contributed by atoms with E-state index < -0.39 is 0 Å². The van der Waals surface area contributed by atoms with Gasteiger partial charge in [0, 0.05) is 24.2 Å². The van der Waals surface area contributed by atoms with E-state index in [0.717, 1.165) is 25.0 Å². The van der Waals surface area contributed by atoms with E-state index >= 15 is 0 Å². The number of nitrogens with zero attached hydrogens (tertiary/aromatic N) is 2. The first kappa shape index (κ1) is 12.6. The van der Waals surface area contributed by atoms with Crippen LogP contribution in [0.5, 0.6) is 5.75 Å². The maximum atomic E-state index is 10.5. The Morgan fingerprint density at radius 1 is 1.28 bits per heavy atom. The van der Waals surface area contributed by atoms with Crippen LogP contribution in [-0.4, -0.2) is 22.7 Å². The van der Waals surface area contributed by atoms with E-state index in [0.29, 0.717) is 17.3 Å². The van der Waals surface area contributed by atoms with Crippen molar-refractivity contribution in [2.24, 2.45) is 0 Å². The lowest BCUT2D eigenvalue weighted by Gasteiger charge is -2.06. The third-order valence-corrected chi connectivity index (χ3v) is 2.65. The van der Waals surface area contributed by atoms with Gasteiger partial charge in [-0.15, -0.1) is 0 Å². The molecule has 4 nitrogen and oxygen atoms in total. The Morgan fingerprint density at radius 2 is 2.06 bits per heavy atom. The number of carbonyl (C=O) groups excluding carboxylic acids is 1. The van der Waals surface area contributed by atoms with Crippen LogP contribution >= 0.6 is 11.6 Å². The van der Waals surface area contributed by atoms with Crippen molar-refractivity contribution in [3.05, 3.63) is 47.2 Å². The maximum absolute atomic E-state index is 10.5. The van der Waals surface area contributed by atoms with Crippen molar-refractivity contribution < 1.29 is 9.53 Å². The Morgan fingerprint density at radius 3 is 2.72 bits per heavy atom. The van der Waals surface area contributed by atoms with Gasteiger partial charge in [0.1, 0.15) is 11.4 Å². The van der Waals surface area contributed by atoms with Crippen LogP contribution in [0.1, 0.15) is 16.9 Å². The summed E-state index contributed by atoms with van der Waals surface area (Å²) in [6.07, 6.45) is 3.34. The van der Waals surface area contributed by atoms with Gasteiger partial charge >= 0.3 is 0 Å². The predicted octanol–water partition coefficient (Wildman–Crippen LogP) is 2.82. The van der Waals surface area contributed by atoms with Gasteiger partial charge < -0.3 is 4.74 Å². The van der Waals surface area contributed by atoms with Gasteiger partial charge in [0.05, 0.1) is 6.61 Å². The Hall–Kier alpha value is -1.81. The van der Waals surface area contributed by atoms with Crippen LogP contribution in [0.2, 0.25) is 5.02 Å². The van der Waals surface area contributed by atoms with Gasteiger partial charge in [0.25, 0.3) is 0 Å². The molecule has 1 aromatic heterocycles. The molecule has 0 fully saturated rings. The van der Waals surface area contributed by atoms with Crippen LogP contribution in [0.3, 0.4) is 0 Å². The number of aromatic nitrogens is 2. The molecule has 0 aliphatic carbocycles. The summed E-state index contributed by atoms with van der Waals surface area (Å²) in [7, 11) is 0. The van der Waals surface area contributed by atoms with Gasteiger partial charge in [-0.25, -0.2) is 0 Å². The number of ether oxygens (including phenoxy) is 1. The van der Waals surface area contributed by atoms with Crippen molar-refractivity contribution in [3.8, 4) is 5.75 Å². The lowest BCUT2D eigenvalue weighted by atomic mass is 10.3. The maximum Gasteiger partial charge on any atom is 0.170 e. The third-order valence-electron chi connectivity index (χ3n) is 2.40. The van der Waals surface area contributed by atoms with E-state index in [2.05, 4.69) is 5.10 Å². The average Bonchev–Trinajstić information content (AvgIpc) is 2.85. The van der Waals surface area contributed by atoms with Crippen LogP contribution in [0.25, 0.3) is 0 Å². The topological polar surface area (TPSA) is 44.1 Å². The first-order chi connectivity index (χ1) is 8.78. The number of aryl methyl sites for hydroxylation is 1. The smallest absolute Gasteiger partial charge is 0.170 e. The summed E-state index contributed by atoms with van der Waals surface area (Å²) in [6, 6.07) is 8.94. The summed E-state index contributed by atoms with van der Waals surface area (Å²) in [5, 5.41) is 4.76. The highest BCUT2D eigenvalue weighted by Crippen LogP contribution is 2.15. The average molecular weight is 265 g/mol. The lowest BCUT2D eigenvalue weighted by Crippen LogP contribution is -2.05. The fraction of sp³-hybridized carbons (Fsp3) is 0.231. The predicted molar refractivity (Wildman–Crippen MR) is 69.2 cm³/mol. The first-order valence-corrected chi connectivity index (χ1v) is 6.03. The second-order valence-electron chi connectivity index (χ2n) is 3.78. The van der Waals surface area contributed by atoms with Gasteiger partial charge in [-0.2, -0.15) is 5.10 Å². The van der Waals surface area contributed by atoms with E-state index in [-0.39, 0.29) is 0 Å². The van der Waals surface area contributed by atoms with E-state index in [9.17, 15) is 4.79 Å². The Labute approximate surface area is 110 Å². The Bertz CT molecular complexity index is 508. The third kappa shape index (κ3) is 3.60. The molecular formula is C13H13ClN2O2. The summed E-state index contributed by atoms with van der Waals surface area (Å²) < 4.78 is 7.28. The SMILES string of the molecule is O=Cc1ccn(CCCOc2ccc(Cl)cc2)n1. The highest BCUT2D eigenvalue weighted by atomic mass is 35.5. The van der Waals surface area contributed by atoms with Crippen LogP contribution in [-0.2, 0) is 6.54 Å². The minimum absolute atomic E-state index is 0.452. The molecule has 94 valence electrons. The number of halogens is 1. The van der Waals surface area contributed by atoms with Crippen molar-refractivity contribution in [1.82, 2.24) is 9.78 Å². The van der Waals surface area contributed by atoms with E-state index in [1.165, 1.54) is 0 Å². The van der Waals surface area contributed by atoms with Crippen LogP contribution in [0, 0.1) is 0 Å². The van der Waals surface area contributed by atoms with Crippen molar-refractivity contribution in [3.63, 3.8) is 0 Å². The van der Waals surface area contributed by atoms with Crippen molar-refractivity contribution >= 4 is 17.9 Å². The van der Waals surface area contributed by atoms with Crippen LogP contribution in [0.15, 0.2) is 36.5 Å². The molecule has 0 saturated heterocycles.